The minimum atomic E-state index is 0.771. The lowest BCUT2D eigenvalue weighted by Gasteiger charge is -2.32. The van der Waals surface area contributed by atoms with Crippen LogP contribution in [0.15, 0.2) is 18.2 Å². The SMILES string of the molecule is COCCN1c2cccc(C)c2CN1C[C@H]1CCNC1. The van der Waals surface area contributed by atoms with Crippen molar-refractivity contribution < 1.29 is 4.74 Å². The van der Waals surface area contributed by atoms with Crippen LogP contribution in [0.5, 0.6) is 0 Å². The van der Waals surface area contributed by atoms with Gasteiger partial charge in [0.05, 0.1) is 18.8 Å². The summed E-state index contributed by atoms with van der Waals surface area (Å²) in [6.45, 7) is 8.44. The molecule has 3 rings (SSSR count). The third-order valence-electron chi connectivity index (χ3n) is 4.48. The number of hydrazine groups is 1. The topological polar surface area (TPSA) is 27.7 Å². The van der Waals surface area contributed by atoms with Gasteiger partial charge < -0.3 is 15.1 Å². The number of anilines is 1. The van der Waals surface area contributed by atoms with Crippen LogP contribution in [0.4, 0.5) is 5.69 Å². The Morgan fingerprint density at radius 3 is 3.05 bits per heavy atom. The lowest BCUT2D eigenvalue weighted by molar-refractivity contribution is 0.169. The molecule has 2 heterocycles. The summed E-state index contributed by atoms with van der Waals surface area (Å²) in [4.78, 5) is 0. The number of fused-ring (bicyclic) bond motifs is 1. The van der Waals surface area contributed by atoms with E-state index in [0.29, 0.717) is 0 Å². The van der Waals surface area contributed by atoms with Gasteiger partial charge >= 0.3 is 0 Å². The number of hydrogen-bond donors (Lipinski definition) is 1. The Labute approximate surface area is 121 Å². The van der Waals surface area contributed by atoms with Gasteiger partial charge in [-0.1, -0.05) is 12.1 Å². The van der Waals surface area contributed by atoms with Gasteiger partial charge in [0.2, 0.25) is 0 Å². The standard InChI is InChI=1S/C16H25N3O/c1-13-4-3-5-16-15(13)12-18(19(16)8-9-20-2)11-14-6-7-17-10-14/h3-5,14,17H,6-12H2,1-2H3/t14-/m0/s1. The molecule has 20 heavy (non-hydrogen) atoms. The number of benzene rings is 1. The predicted molar refractivity (Wildman–Crippen MR) is 81.8 cm³/mol. The summed E-state index contributed by atoms with van der Waals surface area (Å²) in [5, 5.41) is 8.40. The average Bonchev–Trinajstić information content (AvgIpc) is 3.06. The molecule has 0 amide bonds. The van der Waals surface area contributed by atoms with E-state index in [1.165, 1.54) is 29.8 Å². The molecule has 0 bridgehead atoms. The first-order valence-electron chi connectivity index (χ1n) is 7.60. The molecule has 1 fully saturated rings. The van der Waals surface area contributed by atoms with Crippen molar-refractivity contribution in [3.8, 4) is 0 Å². The van der Waals surface area contributed by atoms with Crippen molar-refractivity contribution in [2.24, 2.45) is 5.92 Å². The highest BCUT2D eigenvalue weighted by atomic mass is 16.5. The van der Waals surface area contributed by atoms with Gasteiger partial charge in [-0.05, 0) is 49.5 Å². The first-order valence-corrected chi connectivity index (χ1v) is 7.60. The van der Waals surface area contributed by atoms with Gasteiger partial charge in [-0.25, -0.2) is 5.01 Å². The van der Waals surface area contributed by atoms with Crippen molar-refractivity contribution in [3.63, 3.8) is 0 Å². The molecule has 1 atom stereocenters. The van der Waals surface area contributed by atoms with Crippen molar-refractivity contribution >= 4 is 5.69 Å². The highest BCUT2D eigenvalue weighted by Gasteiger charge is 2.30. The highest BCUT2D eigenvalue weighted by Crippen LogP contribution is 2.34. The molecule has 110 valence electrons. The van der Waals surface area contributed by atoms with Crippen LogP contribution in [0.2, 0.25) is 0 Å². The number of nitrogens with zero attached hydrogens (tertiary/aromatic N) is 2. The number of methoxy groups -OCH3 is 1. The first kappa shape index (κ1) is 13.9. The third kappa shape index (κ3) is 2.68. The highest BCUT2D eigenvalue weighted by molar-refractivity contribution is 5.59. The van der Waals surface area contributed by atoms with Gasteiger partial charge in [-0.3, -0.25) is 0 Å². The Morgan fingerprint density at radius 1 is 1.40 bits per heavy atom. The van der Waals surface area contributed by atoms with Gasteiger partial charge in [0, 0.05) is 20.2 Å². The van der Waals surface area contributed by atoms with E-state index in [1.807, 2.05) is 0 Å². The molecule has 2 aliphatic rings. The molecule has 0 aromatic heterocycles. The molecule has 1 aromatic carbocycles. The van der Waals surface area contributed by atoms with Crippen molar-refractivity contribution in [2.45, 2.75) is 19.9 Å². The van der Waals surface area contributed by atoms with E-state index in [2.05, 4.69) is 40.5 Å². The summed E-state index contributed by atoms with van der Waals surface area (Å²) in [5.74, 6) is 0.773. The molecular weight excluding hydrogens is 250 g/mol. The van der Waals surface area contributed by atoms with Crippen molar-refractivity contribution in [1.29, 1.82) is 0 Å². The van der Waals surface area contributed by atoms with Crippen molar-refractivity contribution in [3.05, 3.63) is 29.3 Å². The van der Waals surface area contributed by atoms with E-state index >= 15 is 0 Å². The molecule has 4 nitrogen and oxygen atoms in total. The zero-order chi connectivity index (χ0) is 13.9. The molecule has 1 aromatic rings. The van der Waals surface area contributed by atoms with Gasteiger partial charge in [0.25, 0.3) is 0 Å². The second-order valence-electron chi connectivity index (χ2n) is 5.89. The van der Waals surface area contributed by atoms with Crippen LogP contribution in [-0.2, 0) is 11.3 Å². The molecule has 4 heteroatoms. The average molecular weight is 275 g/mol. The van der Waals surface area contributed by atoms with E-state index in [1.54, 1.807) is 7.11 Å². The molecule has 0 radical (unpaired) electrons. The van der Waals surface area contributed by atoms with Crippen LogP contribution in [-0.4, -0.2) is 44.9 Å². The quantitative estimate of drug-likeness (QED) is 0.886. The second kappa shape index (κ2) is 6.12. The Bertz CT molecular complexity index is 457. The molecular formula is C16H25N3O. The number of hydrogen-bond acceptors (Lipinski definition) is 4. The van der Waals surface area contributed by atoms with E-state index in [9.17, 15) is 0 Å². The summed E-state index contributed by atoms with van der Waals surface area (Å²) in [7, 11) is 1.78. The Morgan fingerprint density at radius 2 is 2.30 bits per heavy atom. The molecule has 0 spiro atoms. The summed E-state index contributed by atoms with van der Waals surface area (Å²) in [6.07, 6.45) is 1.30. The minimum absolute atomic E-state index is 0.771. The van der Waals surface area contributed by atoms with Crippen molar-refractivity contribution in [2.75, 3.05) is 44.9 Å². The monoisotopic (exact) mass is 275 g/mol. The van der Waals surface area contributed by atoms with E-state index in [4.69, 9.17) is 4.74 Å². The fourth-order valence-corrected chi connectivity index (χ4v) is 3.33. The van der Waals surface area contributed by atoms with Gasteiger partial charge in [-0.15, -0.1) is 0 Å². The Kier molecular flexibility index (Phi) is 4.24. The zero-order valence-electron chi connectivity index (χ0n) is 12.6. The molecule has 1 saturated heterocycles. The van der Waals surface area contributed by atoms with E-state index < -0.39 is 0 Å². The summed E-state index contributed by atoms with van der Waals surface area (Å²) in [6, 6.07) is 6.62. The maximum atomic E-state index is 5.29. The molecule has 1 N–H and O–H groups in total. The first-order chi connectivity index (χ1) is 9.79. The number of ether oxygens (including phenoxy) is 1. The van der Waals surface area contributed by atoms with Crippen LogP contribution in [0, 0.1) is 12.8 Å². The minimum Gasteiger partial charge on any atom is -0.383 e. The molecule has 0 saturated carbocycles. The van der Waals surface area contributed by atoms with Crippen molar-refractivity contribution in [1.82, 2.24) is 10.3 Å². The summed E-state index contributed by atoms with van der Waals surface area (Å²) in [5.41, 5.74) is 4.25. The van der Waals surface area contributed by atoms with E-state index in [-0.39, 0.29) is 0 Å². The Balaban J connectivity index is 1.77. The molecule has 2 aliphatic heterocycles. The predicted octanol–water partition coefficient (Wildman–Crippen LogP) is 1.79. The maximum absolute atomic E-state index is 5.29. The number of rotatable bonds is 5. The van der Waals surface area contributed by atoms with Crippen LogP contribution < -0.4 is 10.3 Å². The fraction of sp³-hybridized carbons (Fsp3) is 0.625. The van der Waals surface area contributed by atoms with Crippen LogP contribution in [0.1, 0.15) is 17.5 Å². The van der Waals surface area contributed by atoms with Crippen LogP contribution in [0.25, 0.3) is 0 Å². The van der Waals surface area contributed by atoms with Crippen LogP contribution in [0.3, 0.4) is 0 Å². The second-order valence-corrected chi connectivity index (χ2v) is 5.89. The third-order valence-corrected chi connectivity index (χ3v) is 4.48. The maximum Gasteiger partial charge on any atom is 0.0653 e. The smallest absolute Gasteiger partial charge is 0.0653 e. The van der Waals surface area contributed by atoms with Gasteiger partial charge in [-0.2, -0.15) is 0 Å². The van der Waals surface area contributed by atoms with Gasteiger partial charge in [0.1, 0.15) is 0 Å². The largest absolute Gasteiger partial charge is 0.383 e. The summed E-state index contributed by atoms with van der Waals surface area (Å²) < 4.78 is 5.29. The number of nitrogens with one attached hydrogen (secondary N) is 1. The lowest BCUT2D eigenvalue weighted by Crippen LogP contribution is -2.42. The van der Waals surface area contributed by atoms with Crippen LogP contribution >= 0.6 is 0 Å². The zero-order valence-corrected chi connectivity index (χ0v) is 12.6. The molecule has 0 aliphatic carbocycles. The van der Waals surface area contributed by atoms with E-state index in [0.717, 1.165) is 38.7 Å². The molecule has 0 unspecified atom stereocenters. The normalized spacial score (nSPS) is 22.5. The lowest BCUT2D eigenvalue weighted by atomic mass is 10.1. The fourth-order valence-electron chi connectivity index (χ4n) is 3.33. The Hall–Kier alpha value is -1.10. The van der Waals surface area contributed by atoms with Gasteiger partial charge in [0.15, 0.2) is 0 Å². The summed E-state index contributed by atoms with van der Waals surface area (Å²) >= 11 is 0. The number of aryl methyl sites for hydroxylation is 1.